The maximum Gasteiger partial charge on any atom is 0.222 e. The SMILES string of the molecule is CC(C)C(=O)NC1CCN(C)CC1.CC(C)C(N)=O.CC(C)N1CCC(N(C)C)CC1.CC(C)N1CCC(N2CCN(C)CC2)CC1.CC(C)N1CCC(O)CC1.CC(C)N1CCN(C)CC1.CCN(CC)C1CCN(C(C)C)CC1. The van der Waals surface area contributed by atoms with Crippen LogP contribution in [0.2, 0.25) is 0 Å². The summed E-state index contributed by atoms with van der Waals surface area (Å²) in [7, 11) is 10.9. The van der Waals surface area contributed by atoms with Crippen LogP contribution >= 0.6 is 0 Å². The van der Waals surface area contributed by atoms with E-state index in [1.165, 1.54) is 143 Å². The Morgan fingerprint density at radius 3 is 1.07 bits per heavy atom. The van der Waals surface area contributed by atoms with Crippen LogP contribution in [0, 0.1) is 11.8 Å². The van der Waals surface area contributed by atoms with E-state index in [0.29, 0.717) is 12.1 Å². The van der Waals surface area contributed by atoms with Gasteiger partial charge in [0.2, 0.25) is 11.8 Å². The lowest BCUT2D eigenvalue weighted by Crippen LogP contribution is -2.53. The number of carbonyl (C=O) groups is 2. The van der Waals surface area contributed by atoms with Gasteiger partial charge in [-0.15, -0.1) is 0 Å². The van der Waals surface area contributed by atoms with Gasteiger partial charge >= 0.3 is 0 Å². The minimum Gasteiger partial charge on any atom is -0.393 e. The molecule has 7 aliphatic heterocycles. The van der Waals surface area contributed by atoms with Crippen molar-refractivity contribution in [2.75, 3.05) is 166 Å². The van der Waals surface area contributed by atoms with Crippen molar-refractivity contribution in [2.45, 2.75) is 235 Å². The molecular formula is C65H139N13O3. The maximum atomic E-state index is 11.4. The van der Waals surface area contributed by atoms with E-state index in [1.807, 2.05) is 13.8 Å². The highest BCUT2D eigenvalue weighted by Gasteiger charge is 2.28. The maximum absolute atomic E-state index is 11.4. The Morgan fingerprint density at radius 1 is 0.444 bits per heavy atom. The van der Waals surface area contributed by atoms with Crippen molar-refractivity contribution in [3.63, 3.8) is 0 Å². The first kappa shape index (κ1) is 77.5. The van der Waals surface area contributed by atoms with Gasteiger partial charge in [-0.1, -0.05) is 41.5 Å². The molecule has 0 unspecified atom stereocenters. The molecule has 0 aromatic rings. The minimum atomic E-state index is -0.241. The van der Waals surface area contributed by atoms with E-state index in [-0.39, 0.29) is 29.8 Å². The predicted molar refractivity (Wildman–Crippen MR) is 349 cm³/mol. The Kier molecular flexibility index (Phi) is 41.3. The van der Waals surface area contributed by atoms with Gasteiger partial charge in [0.25, 0.3) is 0 Å². The number of likely N-dealkylation sites (tertiary alicyclic amines) is 5. The number of nitrogens with zero attached hydrogens (tertiary/aromatic N) is 11. The van der Waals surface area contributed by atoms with Crippen molar-refractivity contribution in [1.29, 1.82) is 0 Å². The van der Waals surface area contributed by atoms with Crippen molar-refractivity contribution >= 4 is 11.8 Å². The fourth-order valence-electron chi connectivity index (χ4n) is 11.6. The van der Waals surface area contributed by atoms with E-state index < -0.39 is 0 Å². The van der Waals surface area contributed by atoms with Crippen LogP contribution in [0.15, 0.2) is 0 Å². The number of rotatable bonds is 13. The zero-order valence-electron chi connectivity index (χ0n) is 57.4. The van der Waals surface area contributed by atoms with Crippen LogP contribution in [0.3, 0.4) is 0 Å². The second-order valence-electron chi connectivity index (χ2n) is 27.2. The lowest BCUT2D eigenvalue weighted by molar-refractivity contribution is -0.125. The largest absolute Gasteiger partial charge is 0.393 e. The Hall–Kier alpha value is -1.54. The number of hydrogen-bond donors (Lipinski definition) is 3. The highest BCUT2D eigenvalue weighted by Crippen LogP contribution is 2.21. The second-order valence-corrected chi connectivity index (χ2v) is 27.2. The molecule has 7 heterocycles. The van der Waals surface area contributed by atoms with Gasteiger partial charge in [-0.05, 0) is 234 Å². The van der Waals surface area contributed by atoms with Gasteiger partial charge in [-0.3, -0.25) is 19.4 Å². The topological polar surface area (TPSA) is 128 Å². The van der Waals surface area contributed by atoms with Crippen molar-refractivity contribution < 1.29 is 14.7 Å². The number of carbonyl (C=O) groups excluding carboxylic acids is 2. The molecule has 0 bridgehead atoms. The number of likely N-dealkylation sites (N-methyl/N-ethyl adjacent to an activating group) is 2. The van der Waals surface area contributed by atoms with E-state index in [0.717, 1.165) is 94.2 Å². The molecule has 0 radical (unpaired) electrons. The molecule has 0 aromatic carbocycles. The third kappa shape index (κ3) is 33.8. The first-order valence-electron chi connectivity index (χ1n) is 33.3. The molecule has 0 aromatic heterocycles. The van der Waals surface area contributed by atoms with E-state index in [2.05, 4.69) is 178 Å². The van der Waals surface area contributed by atoms with E-state index in [4.69, 9.17) is 5.73 Å². The van der Waals surface area contributed by atoms with Crippen molar-refractivity contribution in [2.24, 2.45) is 17.6 Å². The minimum absolute atomic E-state index is 0.00926. The standard InChI is InChI=1S/C13H27N3.C12H26N2.C10H20N2O.C10H22N2.C8H18N2.C8H17NO.C4H9NO/c1-12(2)15-6-4-13(5-7-15)16-10-8-14(3)9-11-16;1-5-13(6-2)12-7-9-14(10-8-12)11(3)4;1-8(2)10(13)11-9-4-6-12(3)7-5-9;1-9(2)12-7-5-10(6-8-12)11(3)4;1-8(2)10-6-4-9(3)5-7-10;1-7(2)9-5-3-8(10)4-6-9;1-3(2)4(5)6/h12-13H,4-11H2,1-3H3;11-12H,5-10H2,1-4H3;8-9H,4-7H2,1-3H3,(H,11,13);9-10H,5-8H2,1-4H3;8H,4-7H2,1-3H3;7-8,10H,3-6H2,1-2H3;3H,1-2H3,(H2,5,6). The van der Waals surface area contributed by atoms with Crippen molar-refractivity contribution in [3.05, 3.63) is 0 Å². The van der Waals surface area contributed by atoms with Crippen LogP contribution in [0.25, 0.3) is 0 Å². The highest BCUT2D eigenvalue weighted by molar-refractivity contribution is 5.78. The fourth-order valence-corrected chi connectivity index (χ4v) is 11.6. The zero-order chi connectivity index (χ0) is 61.4. The summed E-state index contributed by atoms with van der Waals surface area (Å²) in [5.41, 5.74) is 4.80. The number of hydrogen-bond acceptors (Lipinski definition) is 14. The molecule has 0 aliphatic carbocycles. The van der Waals surface area contributed by atoms with Crippen LogP contribution in [0.1, 0.15) is 175 Å². The Bertz CT molecular complexity index is 1470. The number of primary amides is 1. The summed E-state index contributed by atoms with van der Waals surface area (Å²) in [4.78, 5) is 48.8. The Morgan fingerprint density at radius 2 is 0.753 bits per heavy atom. The summed E-state index contributed by atoms with van der Waals surface area (Å²) in [6.45, 7) is 59.2. The fraction of sp³-hybridized carbons (Fsp3) is 0.969. The van der Waals surface area contributed by atoms with Crippen LogP contribution in [0.4, 0.5) is 0 Å². The van der Waals surface area contributed by atoms with Crippen LogP contribution in [-0.2, 0) is 9.59 Å². The van der Waals surface area contributed by atoms with Gasteiger partial charge in [-0.2, -0.15) is 0 Å². The molecule has 16 nitrogen and oxygen atoms in total. The first-order valence-corrected chi connectivity index (χ1v) is 33.3. The molecule has 7 rings (SSSR count). The molecule has 16 heteroatoms. The van der Waals surface area contributed by atoms with Gasteiger partial charge in [0, 0.05) is 132 Å². The van der Waals surface area contributed by atoms with Gasteiger partial charge in [0.05, 0.1) is 6.10 Å². The normalized spacial score (nSPS) is 22.4. The lowest BCUT2D eigenvalue weighted by Gasteiger charge is -2.43. The Balaban J connectivity index is 0.000000479. The number of amides is 2. The molecule has 0 saturated carbocycles. The number of aliphatic hydroxyl groups is 1. The summed E-state index contributed by atoms with van der Waals surface area (Å²) in [5.74, 6) is 0.0502. The van der Waals surface area contributed by atoms with Crippen LogP contribution in [-0.4, -0.2) is 297 Å². The molecule has 7 saturated heterocycles. The highest BCUT2D eigenvalue weighted by atomic mass is 16.3. The summed E-state index contributed by atoms with van der Waals surface area (Å²) in [5, 5.41) is 12.3. The summed E-state index contributed by atoms with van der Waals surface area (Å²) < 4.78 is 0. The number of piperazine rings is 2. The molecule has 0 atom stereocenters. The number of aliphatic hydroxyl groups excluding tert-OH is 1. The van der Waals surface area contributed by atoms with Gasteiger partial charge in [0.1, 0.15) is 0 Å². The molecule has 7 aliphatic rings. The molecular weight excluding hydrogens is 1010 g/mol. The van der Waals surface area contributed by atoms with E-state index in [9.17, 15) is 14.7 Å². The van der Waals surface area contributed by atoms with Crippen LogP contribution in [0.5, 0.6) is 0 Å². The average Bonchev–Trinajstić information content (AvgIpc) is 3.45. The monoisotopic (exact) mass is 1150 g/mol. The van der Waals surface area contributed by atoms with Gasteiger partial charge in [0.15, 0.2) is 0 Å². The summed E-state index contributed by atoms with van der Waals surface area (Å²) >= 11 is 0. The van der Waals surface area contributed by atoms with Gasteiger partial charge in [-0.25, -0.2) is 0 Å². The summed E-state index contributed by atoms with van der Waals surface area (Å²) in [6, 6.07) is 6.50. The lowest BCUT2D eigenvalue weighted by atomic mass is 10.0. The van der Waals surface area contributed by atoms with Crippen LogP contribution < -0.4 is 11.1 Å². The van der Waals surface area contributed by atoms with Gasteiger partial charge < -0.3 is 60.3 Å². The van der Waals surface area contributed by atoms with Crippen molar-refractivity contribution in [3.8, 4) is 0 Å². The molecule has 4 N–H and O–H groups in total. The van der Waals surface area contributed by atoms with Crippen molar-refractivity contribution in [1.82, 2.24) is 59.2 Å². The Labute approximate surface area is 502 Å². The predicted octanol–water partition coefficient (Wildman–Crippen LogP) is 7.20. The third-order valence-electron chi connectivity index (χ3n) is 18.5. The zero-order valence-corrected chi connectivity index (χ0v) is 57.4. The molecule has 482 valence electrons. The third-order valence-corrected chi connectivity index (χ3v) is 18.5. The smallest absolute Gasteiger partial charge is 0.222 e. The first-order chi connectivity index (χ1) is 38.1. The second kappa shape index (κ2) is 43.1. The van der Waals surface area contributed by atoms with E-state index in [1.54, 1.807) is 13.8 Å². The summed E-state index contributed by atoms with van der Waals surface area (Å²) in [6.07, 6.45) is 12.2. The number of nitrogens with two attached hydrogens (primary N) is 1. The average molecular weight is 1150 g/mol. The number of nitrogens with one attached hydrogen (secondary N) is 1. The molecule has 0 spiro atoms. The molecule has 2 amide bonds. The number of piperidine rings is 5. The molecule has 7 fully saturated rings. The van der Waals surface area contributed by atoms with E-state index >= 15 is 0 Å². The molecule has 81 heavy (non-hydrogen) atoms. The quantitative estimate of drug-likeness (QED) is 0.172.